The first-order chi connectivity index (χ1) is 9.50. The van der Waals surface area contributed by atoms with Crippen molar-refractivity contribution in [3.05, 3.63) is 0 Å². The molecule has 0 saturated carbocycles. The molecule has 0 aromatic heterocycles. The lowest BCUT2D eigenvalue weighted by Gasteiger charge is -2.23. The molecule has 1 fully saturated rings. The van der Waals surface area contributed by atoms with E-state index in [1.807, 2.05) is 13.8 Å². The minimum atomic E-state index is 0.116. The molecular weight excluding hydrogens is 254 g/mol. The molecule has 118 valence electrons. The normalized spacial score (nSPS) is 20.2. The van der Waals surface area contributed by atoms with Crippen LogP contribution in [0.25, 0.3) is 0 Å². The lowest BCUT2D eigenvalue weighted by atomic mass is 10.1. The van der Waals surface area contributed by atoms with Crippen LogP contribution in [0.1, 0.15) is 53.4 Å². The number of ketones is 1. The fourth-order valence-electron chi connectivity index (χ4n) is 2.61. The van der Waals surface area contributed by atoms with Crippen LogP contribution >= 0.6 is 0 Å². The van der Waals surface area contributed by atoms with Gasteiger partial charge in [0.25, 0.3) is 0 Å². The number of carbonyl (C=O) groups excluding carboxylic acids is 1. The first-order valence-corrected chi connectivity index (χ1v) is 8.00. The largest absolute Gasteiger partial charge is 0.379 e. The Labute approximate surface area is 123 Å². The summed E-state index contributed by atoms with van der Waals surface area (Å²) in [6.07, 6.45) is 4.18. The second-order valence-corrected chi connectivity index (χ2v) is 6.10. The molecule has 20 heavy (non-hydrogen) atoms. The molecule has 4 heteroatoms. The molecule has 0 amide bonds. The maximum Gasteiger partial charge on any atom is 0.152 e. The topological polar surface area (TPSA) is 38.8 Å². The smallest absolute Gasteiger partial charge is 0.152 e. The molecule has 1 rings (SSSR count). The third-order valence-corrected chi connectivity index (χ3v) is 3.58. The zero-order valence-electron chi connectivity index (χ0n) is 13.6. The van der Waals surface area contributed by atoms with Gasteiger partial charge in [-0.15, -0.1) is 0 Å². The lowest BCUT2D eigenvalue weighted by Crippen LogP contribution is -2.37. The molecular formula is C16H31NO3. The second kappa shape index (κ2) is 9.48. The van der Waals surface area contributed by atoms with E-state index in [0.29, 0.717) is 24.9 Å². The number of rotatable bonds is 10. The summed E-state index contributed by atoms with van der Waals surface area (Å²) in [4.78, 5) is 14.5. The van der Waals surface area contributed by atoms with Gasteiger partial charge in [0.05, 0.1) is 24.9 Å². The molecule has 4 nitrogen and oxygen atoms in total. The van der Waals surface area contributed by atoms with Gasteiger partial charge in [-0.2, -0.15) is 0 Å². The quantitative estimate of drug-likeness (QED) is 0.578. The average Bonchev–Trinajstić information content (AvgIpc) is 2.82. The zero-order valence-corrected chi connectivity index (χ0v) is 13.6. The molecule has 1 unspecified atom stereocenters. The SMILES string of the molecule is CC(C)OCCCN1CCCC1C(=O)CCOC(C)C. The van der Waals surface area contributed by atoms with E-state index in [1.54, 1.807) is 0 Å². The van der Waals surface area contributed by atoms with Crippen LogP contribution in [-0.2, 0) is 14.3 Å². The van der Waals surface area contributed by atoms with Crippen LogP contribution in [-0.4, -0.2) is 55.2 Å². The fourth-order valence-corrected chi connectivity index (χ4v) is 2.61. The molecule has 0 spiro atoms. The van der Waals surface area contributed by atoms with Crippen molar-refractivity contribution in [2.24, 2.45) is 0 Å². The first-order valence-electron chi connectivity index (χ1n) is 8.00. The second-order valence-electron chi connectivity index (χ2n) is 6.10. The van der Waals surface area contributed by atoms with Crippen molar-refractivity contribution in [2.45, 2.75) is 71.6 Å². The average molecular weight is 285 g/mol. The van der Waals surface area contributed by atoms with Crippen LogP contribution in [0.5, 0.6) is 0 Å². The Balaban J connectivity index is 2.23. The van der Waals surface area contributed by atoms with E-state index in [1.165, 1.54) is 0 Å². The van der Waals surface area contributed by atoms with Crippen LogP contribution in [0, 0.1) is 0 Å². The highest BCUT2D eigenvalue weighted by Crippen LogP contribution is 2.19. The molecule has 0 aromatic carbocycles. The van der Waals surface area contributed by atoms with Gasteiger partial charge in [-0.3, -0.25) is 9.69 Å². The van der Waals surface area contributed by atoms with Gasteiger partial charge in [-0.1, -0.05) is 0 Å². The minimum absolute atomic E-state index is 0.116. The third-order valence-electron chi connectivity index (χ3n) is 3.58. The number of ether oxygens (including phenoxy) is 2. The van der Waals surface area contributed by atoms with Gasteiger partial charge >= 0.3 is 0 Å². The van der Waals surface area contributed by atoms with Crippen molar-refractivity contribution >= 4 is 5.78 Å². The summed E-state index contributed by atoms with van der Waals surface area (Å²) in [6.45, 7) is 11.5. The molecule has 0 aromatic rings. The fraction of sp³-hybridized carbons (Fsp3) is 0.938. The monoisotopic (exact) mass is 285 g/mol. The van der Waals surface area contributed by atoms with Gasteiger partial charge in [-0.05, 0) is 53.5 Å². The molecule has 1 aliphatic rings. The standard InChI is InChI=1S/C16H31NO3/c1-13(2)19-11-6-10-17-9-5-7-15(17)16(18)8-12-20-14(3)4/h13-15H,5-12H2,1-4H3. The Hall–Kier alpha value is -0.450. The Kier molecular flexibility index (Phi) is 8.34. The summed E-state index contributed by atoms with van der Waals surface area (Å²) in [6, 6.07) is 0.116. The molecule has 1 heterocycles. The maximum atomic E-state index is 12.2. The summed E-state index contributed by atoms with van der Waals surface area (Å²) < 4.78 is 11.0. The summed E-state index contributed by atoms with van der Waals surface area (Å²) in [5, 5.41) is 0. The minimum Gasteiger partial charge on any atom is -0.379 e. The molecule has 0 radical (unpaired) electrons. The van der Waals surface area contributed by atoms with E-state index in [2.05, 4.69) is 18.7 Å². The number of Topliss-reactive ketones (excluding diaryl/α,β-unsaturated/α-hetero) is 1. The summed E-state index contributed by atoms with van der Waals surface area (Å²) >= 11 is 0. The Morgan fingerprint density at radius 1 is 1.15 bits per heavy atom. The Morgan fingerprint density at radius 2 is 1.80 bits per heavy atom. The van der Waals surface area contributed by atoms with Crippen molar-refractivity contribution in [1.82, 2.24) is 4.90 Å². The predicted octanol–water partition coefficient (Wildman–Crippen LogP) is 2.65. The molecule has 0 bridgehead atoms. The van der Waals surface area contributed by atoms with Crippen molar-refractivity contribution in [3.8, 4) is 0 Å². The lowest BCUT2D eigenvalue weighted by molar-refractivity contribution is -0.124. The number of nitrogens with zero attached hydrogens (tertiary/aromatic N) is 1. The van der Waals surface area contributed by atoms with Crippen LogP contribution in [0.15, 0.2) is 0 Å². The summed E-state index contributed by atoms with van der Waals surface area (Å²) in [7, 11) is 0. The number of hydrogen-bond acceptors (Lipinski definition) is 4. The van der Waals surface area contributed by atoms with Crippen LogP contribution in [0.2, 0.25) is 0 Å². The van der Waals surface area contributed by atoms with Crippen LogP contribution in [0.4, 0.5) is 0 Å². The van der Waals surface area contributed by atoms with E-state index < -0.39 is 0 Å². The Morgan fingerprint density at radius 3 is 2.45 bits per heavy atom. The van der Waals surface area contributed by atoms with Crippen molar-refractivity contribution in [2.75, 3.05) is 26.3 Å². The molecule has 1 saturated heterocycles. The summed E-state index contributed by atoms with van der Waals surface area (Å²) in [5.41, 5.74) is 0. The van der Waals surface area contributed by atoms with Crippen LogP contribution < -0.4 is 0 Å². The van der Waals surface area contributed by atoms with Gasteiger partial charge in [0.2, 0.25) is 0 Å². The third kappa shape index (κ3) is 6.82. The van der Waals surface area contributed by atoms with Gasteiger partial charge in [0, 0.05) is 19.6 Å². The highest BCUT2D eigenvalue weighted by molar-refractivity contribution is 5.84. The van der Waals surface area contributed by atoms with Crippen LogP contribution in [0.3, 0.4) is 0 Å². The molecule has 1 atom stereocenters. The predicted molar refractivity (Wildman–Crippen MR) is 81.0 cm³/mol. The number of carbonyl (C=O) groups is 1. The van der Waals surface area contributed by atoms with Gasteiger partial charge in [-0.25, -0.2) is 0 Å². The maximum absolute atomic E-state index is 12.2. The van der Waals surface area contributed by atoms with Crippen molar-refractivity contribution < 1.29 is 14.3 Å². The van der Waals surface area contributed by atoms with E-state index in [-0.39, 0.29) is 12.1 Å². The number of likely N-dealkylation sites (tertiary alicyclic amines) is 1. The zero-order chi connectivity index (χ0) is 15.0. The van der Waals surface area contributed by atoms with E-state index in [4.69, 9.17) is 9.47 Å². The molecule has 1 aliphatic heterocycles. The van der Waals surface area contributed by atoms with E-state index in [9.17, 15) is 4.79 Å². The van der Waals surface area contributed by atoms with Gasteiger partial charge in [0.15, 0.2) is 5.78 Å². The number of hydrogen-bond donors (Lipinski definition) is 0. The highest BCUT2D eigenvalue weighted by Gasteiger charge is 2.29. The van der Waals surface area contributed by atoms with Gasteiger partial charge in [0.1, 0.15) is 0 Å². The van der Waals surface area contributed by atoms with E-state index >= 15 is 0 Å². The van der Waals surface area contributed by atoms with Crippen molar-refractivity contribution in [1.29, 1.82) is 0 Å². The van der Waals surface area contributed by atoms with E-state index in [0.717, 1.165) is 39.0 Å². The summed E-state index contributed by atoms with van der Waals surface area (Å²) in [5.74, 6) is 0.341. The molecule has 0 aliphatic carbocycles. The highest BCUT2D eigenvalue weighted by atomic mass is 16.5. The van der Waals surface area contributed by atoms with Gasteiger partial charge < -0.3 is 9.47 Å². The molecule has 0 N–H and O–H groups in total. The Bertz CT molecular complexity index is 279. The van der Waals surface area contributed by atoms with Crippen molar-refractivity contribution in [3.63, 3.8) is 0 Å². The first kappa shape index (κ1) is 17.6.